The highest BCUT2D eigenvalue weighted by Gasteiger charge is 2.26. The Hall–Kier alpha value is -3.52. The Kier molecular flexibility index (Phi) is 8.93. The summed E-state index contributed by atoms with van der Waals surface area (Å²) in [7, 11) is 0. The van der Waals surface area contributed by atoms with Crippen LogP contribution in [0.5, 0.6) is 0 Å². The molecule has 1 amide bonds. The van der Waals surface area contributed by atoms with E-state index in [4.69, 9.17) is 11.6 Å². The van der Waals surface area contributed by atoms with Crippen LogP contribution < -0.4 is 10.2 Å². The van der Waals surface area contributed by atoms with Crippen molar-refractivity contribution < 1.29 is 9.18 Å². The van der Waals surface area contributed by atoms with E-state index in [9.17, 15) is 9.18 Å². The summed E-state index contributed by atoms with van der Waals surface area (Å²) in [5.74, 6) is 0.454. The normalized spacial score (nSPS) is 14.6. The van der Waals surface area contributed by atoms with Crippen molar-refractivity contribution in [1.29, 1.82) is 0 Å². The summed E-state index contributed by atoms with van der Waals surface area (Å²) in [5, 5.41) is 8.00. The van der Waals surface area contributed by atoms with Gasteiger partial charge in [-0.15, -0.1) is 5.10 Å². The summed E-state index contributed by atoms with van der Waals surface area (Å²) in [6.45, 7) is 7.50. The molecule has 3 aromatic heterocycles. The van der Waals surface area contributed by atoms with Crippen LogP contribution in [0, 0.1) is 12.7 Å². The first-order valence-corrected chi connectivity index (χ1v) is 11.6. The van der Waals surface area contributed by atoms with Crippen LogP contribution >= 0.6 is 11.6 Å². The molecule has 1 atom stereocenters. The Labute approximate surface area is 203 Å². The van der Waals surface area contributed by atoms with Gasteiger partial charge in [0, 0.05) is 25.3 Å². The first-order valence-electron chi connectivity index (χ1n) is 11.2. The summed E-state index contributed by atoms with van der Waals surface area (Å²) >= 11 is 6.04. The molecule has 4 aromatic rings. The molecule has 1 aliphatic rings. The lowest BCUT2D eigenvalue weighted by Gasteiger charge is -2.18. The van der Waals surface area contributed by atoms with Gasteiger partial charge < -0.3 is 10.2 Å². The van der Waals surface area contributed by atoms with E-state index >= 15 is 0 Å². The van der Waals surface area contributed by atoms with E-state index in [1.807, 2.05) is 37.4 Å². The number of imidazole rings is 1. The predicted molar refractivity (Wildman–Crippen MR) is 133 cm³/mol. The number of hydrogen-bond acceptors (Lipinski definition) is 5. The molecule has 4 heterocycles. The number of aryl methyl sites for hydroxylation is 1. The van der Waals surface area contributed by atoms with Gasteiger partial charge in [-0.25, -0.2) is 18.9 Å². The predicted octanol–water partition coefficient (Wildman–Crippen LogP) is 4.95. The molecule has 0 bridgehead atoms. The number of hydrogen-bond donors (Lipinski definition) is 1. The highest BCUT2D eigenvalue weighted by Crippen LogP contribution is 2.20. The van der Waals surface area contributed by atoms with Crippen molar-refractivity contribution in [2.75, 3.05) is 18.0 Å². The number of halogens is 2. The van der Waals surface area contributed by atoms with E-state index in [-0.39, 0.29) is 23.5 Å². The largest absolute Gasteiger partial charge is 0.353 e. The van der Waals surface area contributed by atoms with Crippen LogP contribution in [0.15, 0.2) is 67.0 Å². The van der Waals surface area contributed by atoms with Gasteiger partial charge in [-0.1, -0.05) is 43.6 Å². The number of carbonyl (C=O) groups excluding carboxylic acids is 1. The zero-order chi connectivity index (χ0) is 24.5. The van der Waals surface area contributed by atoms with E-state index in [2.05, 4.69) is 25.3 Å². The molecule has 7 nitrogen and oxygen atoms in total. The van der Waals surface area contributed by atoms with Gasteiger partial charge in [-0.05, 0) is 49.7 Å². The van der Waals surface area contributed by atoms with Crippen molar-refractivity contribution >= 4 is 29.0 Å². The maximum atomic E-state index is 12.3. The molecule has 1 saturated heterocycles. The van der Waals surface area contributed by atoms with Gasteiger partial charge in [0.05, 0.1) is 16.9 Å². The van der Waals surface area contributed by atoms with Crippen molar-refractivity contribution in [3.05, 3.63) is 89.2 Å². The minimum Gasteiger partial charge on any atom is -0.353 e. The van der Waals surface area contributed by atoms with Gasteiger partial charge in [-0.3, -0.25) is 4.79 Å². The fourth-order valence-electron chi connectivity index (χ4n) is 3.45. The number of benzene rings is 1. The molecule has 1 aromatic carbocycles. The molecule has 1 N–H and O–H groups in total. The molecular weight excluding hydrogens is 455 g/mol. The number of pyridine rings is 1. The molecule has 0 saturated carbocycles. The molecule has 5 rings (SSSR count). The van der Waals surface area contributed by atoms with Crippen LogP contribution in [0.4, 0.5) is 10.2 Å². The van der Waals surface area contributed by atoms with Gasteiger partial charge >= 0.3 is 0 Å². The zero-order valence-electron chi connectivity index (χ0n) is 19.4. The van der Waals surface area contributed by atoms with Crippen molar-refractivity contribution in [2.45, 2.75) is 33.2 Å². The second-order valence-electron chi connectivity index (χ2n) is 7.40. The highest BCUT2D eigenvalue weighted by atomic mass is 35.5. The number of carbonyl (C=O) groups is 1. The van der Waals surface area contributed by atoms with Crippen LogP contribution in [0.2, 0.25) is 5.02 Å². The second-order valence-corrected chi connectivity index (χ2v) is 7.80. The van der Waals surface area contributed by atoms with Crippen molar-refractivity contribution in [3.63, 3.8) is 0 Å². The minimum atomic E-state index is -0.244. The van der Waals surface area contributed by atoms with Gasteiger partial charge in [-0.2, -0.15) is 0 Å². The van der Waals surface area contributed by atoms with Crippen molar-refractivity contribution in [3.8, 4) is 0 Å². The summed E-state index contributed by atoms with van der Waals surface area (Å²) < 4.78 is 13.7. The van der Waals surface area contributed by atoms with E-state index < -0.39 is 0 Å². The molecule has 0 aliphatic carbocycles. The van der Waals surface area contributed by atoms with Crippen LogP contribution in [-0.2, 0) is 0 Å². The Morgan fingerprint density at radius 2 is 1.85 bits per heavy atom. The Morgan fingerprint density at radius 3 is 2.53 bits per heavy atom. The first kappa shape index (κ1) is 25.1. The third-order valence-electron chi connectivity index (χ3n) is 5.07. The molecule has 178 valence electrons. The minimum absolute atomic E-state index is 0.0342. The zero-order valence-corrected chi connectivity index (χ0v) is 20.2. The number of nitrogens with zero attached hydrogens (tertiary/aromatic N) is 5. The number of rotatable bonds is 3. The Balaban J connectivity index is 0.000000306. The third kappa shape index (κ3) is 6.29. The van der Waals surface area contributed by atoms with E-state index in [1.165, 1.54) is 12.1 Å². The molecule has 1 aliphatic heterocycles. The number of fused-ring (bicyclic) bond motifs is 1. The average Bonchev–Trinajstić information content (AvgIpc) is 3.48. The van der Waals surface area contributed by atoms with Crippen LogP contribution in [0.3, 0.4) is 0 Å². The smallest absolute Gasteiger partial charge is 0.271 e. The number of anilines is 1. The lowest BCUT2D eigenvalue weighted by molar-refractivity contribution is 0.0935. The maximum absolute atomic E-state index is 12.3. The summed E-state index contributed by atoms with van der Waals surface area (Å²) in [6.07, 6.45) is 4.21. The molecule has 1 fully saturated rings. The van der Waals surface area contributed by atoms with Crippen LogP contribution in [-0.4, -0.2) is 44.6 Å². The molecule has 0 unspecified atom stereocenters. The standard InChI is InChI=1S/C17H17ClN6O.C6H5F.C2H6/c1-11-9-20-14-4-5-15(22-24(11)14)23-8-6-12(10-23)21-17(25)16-13(18)3-2-7-19-16;7-6-4-2-1-3-5-6;1-2/h2-5,7,9,12H,6,8,10H2,1H3,(H,21,25);1-5H;1-2H3/t12-;;/m0../s1. The Bertz CT molecular complexity index is 1220. The highest BCUT2D eigenvalue weighted by molar-refractivity contribution is 6.33. The lowest BCUT2D eigenvalue weighted by Crippen LogP contribution is -2.37. The van der Waals surface area contributed by atoms with Crippen molar-refractivity contribution in [1.82, 2.24) is 24.9 Å². The molecule has 9 heteroatoms. The van der Waals surface area contributed by atoms with Gasteiger partial charge in [0.2, 0.25) is 0 Å². The third-order valence-corrected chi connectivity index (χ3v) is 5.38. The number of amides is 1. The summed E-state index contributed by atoms with van der Waals surface area (Å²) in [5.41, 5.74) is 2.08. The molecular formula is C25H28ClFN6O. The SMILES string of the molecule is CC.Cc1cnc2ccc(N3CC[C@H](NC(=O)c4ncccc4Cl)C3)nn12.Fc1ccccc1. The fraction of sp³-hybridized carbons (Fsp3) is 0.280. The van der Waals surface area contributed by atoms with E-state index in [1.54, 1.807) is 42.7 Å². The van der Waals surface area contributed by atoms with Gasteiger partial charge in [0.1, 0.15) is 17.3 Å². The molecule has 0 radical (unpaired) electrons. The fourth-order valence-corrected chi connectivity index (χ4v) is 3.66. The lowest BCUT2D eigenvalue weighted by atomic mass is 10.2. The van der Waals surface area contributed by atoms with E-state index in [0.29, 0.717) is 11.6 Å². The first-order chi connectivity index (χ1) is 16.5. The van der Waals surface area contributed by atoms with Crippen LogP contribution in [0.1, 0.15) is 36.5 Å². The monoisotopic (exact) mass is 482 g/mol. The maximum Gasteiger partial charge on any atom is 0.271 e. The summed E-state index contributed by atoms with van der Waals surface area (Å²) in [6, 6.07) is 15.3. The number of nitrogens with one attached hydrogen (secondary N) is 1. The molecule has 0 spiro atoms. The van der Waals surface area contributed by atoms with Crippen molar-refractivity contribution in [2.24, 2.45) is 0 Å². The summed E-state index contributed by atoms with van der Waals surface area (Å²) in [4.78, 5) is 22.8. The van der Waals surface area contributed by atoms with Crippen LogP contribution in [0.25, 0.3) is 5.65 Å². The number of aromatic nitrogens is 4. The van der Waals surface area contributed by atoms with E-state index in [0.717, 1.165) is 30.1 Å². The van der Waals surface area contributed by atoms with Gasteiger partial charge in [0.25, 0.3) is 5.91 Å². The quantitative estimate of drug-likeness (QED) is 0.447. The molecule has 34 heavy (non-hydrogen) atoms. The van der Waals surface area contributed by atoms with Gasteiger partial charge in [0.15, 0.2) is 5.65 Å². The Morgan fingerprint density at radius 1 is 1.09 bits per heavy atom. The topological polar surface area (TPSA) is 75.4 Å². The average molecular weight is 483 g/mol. The second kappa shape index (κ2) is 12.1.